The van der Waals surface area contributed by atoms with Gasteiger partial charge in [-0.15, -0.1) is 0 Å². The zero-order chi connectivity index (χ0) is 25.5. The van der Waals surface area contributed by atoms with Crippen LogP contribution in [0.4, 0.5) is 5.82 Å². The van der Waals surface area contributed by atoms with Crippen molar-refractivity contribution in [2.24, 2.45) is 0 Å². The van der Waals surface area contributed by atoms with Crippen molar-refractivity contribution in [2.75, 3.05) is 44.2 Å². The van der Waals surface area contributed by atoms with Gasteiger partial charge in [-0.3, -0.25) is 4.79 Å². The van der Waals surface area contributed by atoms with Gasteiger partial charge < -0.3 is 14.9 Å². The van der Waals surface area contributed by atoms with Crippen LogP contribution < -0.4 is 4.90 Å². The van der Waals surface area contributed by atoms with Gasteiger partial charge in [-0.1, -0.05) is 35.3 Å². The number of carbonyl (C=O) groups excluding carboxylic acids is 1. The number of piperazine rings is 1. The molecule has 2 aromatic carbocycles. The fourth-order valence-corrected chi connectivity index (χ4v) is 6.46. The Hall–Kier alpha value is -2.50. The predicted molar refractivity (Wildman–Crippen MR) is 138 cm³/mol. The molecule has 1 N–H and O–H groups in total. The lowest BCUT2D eigenvalue weighted by molar-refractivity contribution is -0.138. The van der Waals surface area contributed by atoms with Gasteiger partial charge in [-0.25, -0.2) is 18.4 Å². The molecule has 5 rings (SSSR count). The van der Waals surface area contributed by atoms with Crippen molar-refractivity contribution in [1.29, 1.82) is 0 Å². The Morgan fingerprint density at radius 1 is 0.944 bits per heavy atom. The van der Waals surface area contributed by atoms with Crippen molar-refractivity contribution >= 4 is 55.7 Å². The van der Waals surface area contributed by atoms with Crippen LogP contribution in [0.25, 0.3) is 10.8 Å². The van der Waals surface area contributed by atoms with Crippen LogP contribution in [0.3, 0.4) is 0 Å². The number of aliphatic hydroxyl groups is 1. The molecule has 2 fully saturated rings. The Balaban J connectivity index is 1.22. The third kappa shape index (κ3) is 5.14. The molecule has 2 saturated heterocycles. The second kappa shape index (κ2) is 9.75. The number of hydrogen-bond donors (Lipinski definition) is 1. The van der Waals surface area contributed by atoms with E-state index in [4.69, 9.17) is 23.2 Å². The van der Waals surface area contributed by atoms with Gasteiger partial charge >= 0.3 is 0 Å². The zero-order valence-corrected chi connectivity index (χ0v) is 21.7. The fraction of sp³-hybridized carbons (Fsp3) is 0.375. The summed E-state index contributed by atoms with van der Waals surface area (Å²) in [5.74, 6) is 0.375. The number of sulfonamides is 1. The van der Waals surface area contributed by atoms with E-state index in [0.29, 0.717) is 41.9 Å². The summed E-state index contributed by atoms with van der Waals surface area (Å²) in [6.07, 6.45) is 2.29. The molecular formula is C24H25Cl2N5O4S. The van der Waals surface area contributed by atoms with Gasteiger partial charge in [-0.2, -0.15) is 4.31 Å². The first-order valence-electron chi connectivity index (χ1n) is 11.6. The number of piperidine rings is 1. The number of aromatic nitrogens is 2. The molecule has 1 amide bonds. The normalized spacial score (nSPS) is 19.1. The molecule has 190 valence electrons. The highest BCUT2D eigenvalue weighted by Crippen LogP contribution is 2.29. The van der Waals surface area contributed by atoms with Gasteiger partial charge in [0.15, 0.2) is 0 Å². The molecule has 0 atom stereocenters. The summed E-state index contributed by atoms with van der Waals surface area (Å²) in [7, 11) is -3.85. The van der Waals surface area contributed by atoms with Crippen LogP contribution in [0.15, 0.2) is 53.7 Å². The van der Waals surface area contributed by atoms with Crippen LogP contribution in [0.5, 0.6) is 0 Å². The summed E-state index contributed by atoms with van der Waals surface area (Å²) in [6, 6.07) is 11.8. The van der Waals surface area contributed by atoms with Crippen LogP contribution >= 0.6 is 23.2 Å². The van der Waals surface area contributed by atoms with Crippen LogP contribution in [-0.2, 0) is 14.8 Å². The molecule has 0 radical (unpaired) electrons. The standard InChI is InChI=1S/C24H25Cl2N5O4S/c25-19-3-1-18-12-20(4-2-17(18)11-19)36(34,35)31-10-9-30(23(32)14-31)15-24(33)5-7-29(8-6-24)22-13-21(26)27-16-28-22/h1-4,11-13,16,33H,5-10,14-15H2. The van der Waals surface area contributed by atoms with Crippen molar-refractivity contribution in [1.82, 2.24) is 19.2 Å². The number of β-amino-alcohol motifs (C(OH)–C–C–N with tert-alkyl or cyclic N) is 1. The molecule has 12 heteroatoms. The van der Waals surface area contributed by atoms with E-state index in [0.717, 1.165) is 10.8 Å². The van der Waals surface area contributed by atoms with Gasteiger partial charge in [-0.05, 0) is 47.9 Å². The summed E-state index contributed by atoms with van der Waals surface area (Å²) in [5.41, 5.74) is -1.05. The maximum Gasteiger partial charge on any atom is 0.243 e. The van der Waals surface area contributed by atoms with E-state index in [1.807, 2.05) is 4.90 Å². The van der Waals surface area contributed by atoms with Gasteiger partial charge in [0.2, 0.25) is 15.9 Å². The van der Waals surface area contributed by atoms with Gasteiger partial charge in [0.1, 0.15) is 17.3 Å². The number of rotatable bonds is 5. The Kier molecular flexibility index (Phi) is 6.82. The Morgan fingerprint density at radius 2 is 1.67 bits per heavy atom. The van der Waals surface area contributed by atoms with E-state index in [1.165, 1.54) is 16.7 Å². The smallest absolute Gasteiger partial charge is 0.243 e. The van der Waals surface area contributed by atoms with E-state index in [2.05, 4.69) is 9.97 Å². The molecule has 3 aromatic rings. The largest absolute Gasteiger partial charge is 0.388 e. The number of hydrogen-bond acceptors (Lipinski definition) is 7. The highest BCUT2D eigenvalue weighted by atomic mass is 35.5. The summed E-state index contributed by atoms with van der Waals surface area (Å²) in [6.45, 7) is 1.39. The molecule has 3 heterocycles. The van der Waals surface area contributed by atoms with Gasteiger partial charge in [0.05, 0.1) is 17.0 Å². The van der Waals surface area contributed by atoms with Crippen LogP contribution in [0.2, 0.25) is 10.2 Å². The van der Waals surface area contributed by atoms with E-state index < -0.39 is 15.6 Å². The van der Waals surface area contributed by atoms with E-state index in [-0.39, 0.29) is 37.0 Å². The lowest BCUT2D eigenvalue weighted by atomic mass is 9.90. The molecule has 0 saturated carbocycles. The van der Waals surface area contributed by atoms with Crippen molar-refractivity contribution < 1.29 is 18.3 Å². The number of nitrogens with zero attached hydrogens (tertiary/aromatic N) is 5. The number of fused-ring (bicyclic) bond motifs is 1. The third-order valence-electron chi connectivity index (χ3n) is 6.82. The van der Waals surface area contributed by atoms with Crippen molar-refractivity contribution in [2.45, 2.75) is 23.3 Å². The first kappa shape index (κ1) is 25.2. The summed E-state index contributed by atoms with van der Waals surface area (Å²) in [4.78, 5) is 24.8. The topological polar surface area (TPSA) is 107 Å². The first-order valence-corrected chi connectivity index (χ1v) is 13.7. The molecule has 0 aliphatic carbocycles. The molecule has 0 unspecified atom stereocenters. The first-order chi connectivity index (χ1) is 17.1. The highest BCUT2D eigenvalue weighted by molar-refractivity contribution is 7.89. The second-order valence-electron chi connectivity index (χ2n) is 9.22. The third-order valence-corrected chi connectivity index (χ3v) is 9.10. The lowest BCUT2D eigenvalue weighted by Gasteiger charge is -2.43. The Labute approximate surface area is 219 Å². The lowest BCUT2D eigenvalue weighted by Crippen LogP contribution is -2.58. The monoisotopic (exact) mass is 549 g/mol. The second-order valence-corrected chi connectivity index (χ2v) is 12.0. The quantitative estimate of drug-likeness (QED) is 0.487. The molecule has 0 spiro atoms. The Bertz CT molecular complexity index is 1410. The summed E-state index contributed by atoms with van der Waals surface area (Å²) in [5, 5.41) is 13.7. The van der Waals surface area contributed by atoms with E-state index >= 15 is 0 Å². The predicted octanol–water partition coefficient (Wildman–Crippen LogP) is 2.80. The van der Waals surface area contributed by atoms with Crippen molar-refractivity contribution in [3.63, 3.8) is 0 Å². The van der Waals surface area contributed by atoms with Crippen LogP contribution in [0, 0.1) is 0 Å². The summed E-state index contributed by atoms with van der Waals surface area (Å²) < 4.78 is 27.7. The molecule has 2 aliphatic heterocycles. The number of amides is 1. The number of benzene rings is 2. The maximum absolute atomic E-state index is 13.3. The van der Waals surface area contributed by atoms with Crippen LogP contribution in [0.1, 0.15) is 12.8 Å². The van der Waals surface area contributed by atoms with Gasteiger partial charge in [0.25, 0.3) is 0 Å². The van der Waals surface area contributed by atoms with Crippen molar-refractivity contribution in [3.8, 4) is 0 Å². The van der Waals surface area contributed by atoms with E-state index in [9.17, 15) is 18.3 Å². The van der Waals surface area contributed by atoms with E-state index in [1.54, 1.807) is 41.3 Å². The average Bonchev–Trinajstić information content (AvgIpc) is 2.85. The van der Waals surface area contributed by atoms with Crippen molar-refractivity contribution in [3.05, 3.63) is 59.0 Å². The molecule has 36 heavy (non-hydrogen) atoms. The molecule has 0 bridgehead atoms. The zero-order valence-electron chi connectivity index (χ0n) is 19.3. The number of carbonyl (C=O) groups is 1. The van der Waals surface area contributed by atoms with Crippen LogP contribution in [-0.4, -0.2) is 83.5 Å². The van der Waals surface area contributed by atoms with Gasteiger partial charge in [0, 0.05) is 43.8 Å². The minimum atomic E-state index is -3.85. The fourth-order valence-electron chi connectivity index (χ4n) is 4.73. The SMILES string of the molecule is O=C1CN(S(=O)(=O)c2ccc3cc(Cl)ccc3c2)CCN1CC1(O)CCN(c2cc(Cl)ncn2)CC1. The molecule has 1 aromatic heterocycles. The average molecular weight is 550 g/mol. The molecule has 9 nitrogen and oxygen atoms in total. The number of anilines is 1. The maximum atomic E-state index is 13.3. The minimum Gasteiger partial charge on any atom is -0.388 e. The highest BCUT2D eigenvalue weighted by Gasteiger charge is 2.39. The molecular weight excluding hydrogens is 525 g/mol. The molecule has 2 aliphatic rings. The minimum absolute atomic E-state index is 0.134. The number of halogens is 2. The summed E-state index contributed by atoms with van der Waals surface area (Å²) >= 11 is 12.0. The Morgan fingerprint density at radius 3 is 2.39 bits per heavy atom.